The van der Waals surface area contributed by atoms with Gasteiger partial charge in [-0.1, -0.05) is 12.1 Å². The predicted octanol–water partition coefficient (Wildman–Crippen LogP) is 1.79. The summed E-state index contributed by atoms with van der Waals surface area (Å²) in [6.07, 6.45) is 3.24. The summed E-state index contributed by atoms with van der Waals surface area (Å²) in [5.74, 6) is -0.0803. The van der Waals surface area contributed by atoms with Gasteiger partial charge >= 0.3 is 0 Å². The zero-order valence-electron chi connectivity index (χ0n) is 17.9. The van der Waals surface area contributed by atoms with Crippen molar-refractivity contribution in [1.29, 1.82) is 0 Å². The van der Waals surface area contributed by atoms with Crippen LogP contribution in [0.2, 0.25) is 0 Å². The van der Waals surface area contributed by atoms with E-state index in [1.54, 1.807) is 24.7 Å². The number of anilines is 1. The molecular formula is C23H20N6O4S. The Labute approximate surface area is 195 Å². The number of carbonyl (C=O) groups is 2. The number of nitrogens with zero attached hydrogens (tertiary/aromatic N) is 4. The van der Waals surface area contributed by atoms with E-state index in [9.17, 15) is 18.0 Å². The van der Waals surface area contributed by atoms with Crippen LogP contribution in [0.15, 0.2) is 78.1 Å². The van der Waals surface area contributed by atoms with Crippen LogP contribution >= 0.6 is 0 Å². The van der Waals surface area contributed by atoms with Gasteiger partial charge in [-0.05, 0) is 48.5 Å². The molecule has 0 bridgehead atoms. The van der Waals surface area contributed by atoms with Gasteiger partial charge in [0.05, 0.1) is 34.4 Å². The average molecular weight is 477 g/mol. The lowest BCUT2D eigenvalue weighted by atomic mass is 10.2. The van der Waals surface area contributed by atoms with Crippen LogP contribution in [-0.2, 0) is 14.8 Å². The van der Waals surface area contributed by atoms with Gasteiger partial charge in [-0.25, -0.2) is 18.4 Å². The van der Waals surface area contributed by atoms with E-state index in [1.807, 2.05) is 28.8 Å². The number of fused-ring (bicyclic) bond motifs is 1. The highest BCUT2D eigenvalue weighted by Gasteiger charge is 2.29. The molecule has 2 aromatic heterocycles. The normalized spacial score (nSPS) is 14.6. The second kappa shape index (κ2) is 8.69. The lowest BCUT2D eigenvalue weighted by Gasteiger charge is -2.25. The molecule has 2 N–H and O–H groups in total. The molecule has 0 saturated carbocycles. The number of benzene rings is 2. The highest BCUT2D eigenvalue weighted by atomic mass is 32.2. The number of piperazine rings is 1. The fraction of sp³-hybridized carbons (Fsp3) is 0.130. The second-order valence-electron chi connectivity index (χ2n) is 7.68. The van der Waals surface area contributed by atoms with Crippen LogP contribution in [0.25, 0.3) is 16.9 Å². The molecule has 0 aliphatic carbocycles. The SMILES string of the molecule is O=C1CN(S(=O)(=O)c2ccc(C(=O)Nc3ccc(-n4cnc5ccccc54)nc3)cc2)CCN1. The number of para-hydroxylation sites is 2. The number of nitrogens with one attached hydrogen (secondary N) is 2. The molecule has 1 saturated heterocycles. The molecule has 1 aliphatic rings. The van der Waals surface area contributed by atoms with Gasteiger partial charge in [-0.2, -0.15) is 4.31 Å². The smallest absolute Gasteiger partial charge is 0.255 e. The number of hydrogen-bond acceptors (Lipinski definition) is 6. The molecule has 5 rings (SSSR count). The molecule has 4 aromatic rings. The lowest BCUT2D eigenvalue weighted by molar-refractivity contribution is -0.122. The quantitative estimate of drug-likeness (QED) is 0.452. The van der Waals surface area contributed by atoms with Gasteiger partial charge < -0.3 is 10.6 Å². The summed E-state index contributed by atoms with van der Waals surface area (Å²) in [7, 11) is -3.81. The Hall–Kier alpha value is -4.09. The molecule has 0 spiro atoms. The van der Waals surface area contributed by atoms with Crippen molar-refractivity contribution >= 4 is 38.6 Å². The molecular weight excluding hydrogens is 456 g/mol. The molecule has 3 heterocycles. The maximum atomic E-state index is 12.7. The second-order valence-corrected chi connectivity index (χ2v) is 9.61. The first-order valence-electron chi connectivity index (χ1n) is 10.5. The standard InChI is InChI=1S/C23H20N6O4S/c30-22-14-28(12-11-24-22)34(32,33)18-8-5-16(6-9-18)23(31)27-17-7-10-21(25-13-17)29-15-26-19-3-1-2-4-20(19)29/h1-10,13,15H,11-12,14H2,(H,24,30)(H,27,31). The number of pyridine rings is 1. The van der Waals surface area contributed by atoms with Gasteiger partial charge in [0, 0.05) is 18.7 Å². The van der Waals surface area contributed by atoms with Gasteiger partial charge in [0.15, 0.2) is 0 Å². The van der Waals surface area contributed by atoms with E-state index in [2.05, 4.69) is 20.6 Å². The highest BCUT2D eigenvalue weighted by molar-refractivity contribution is 7.89. The third-order valence-electron chi connectivity index (χ3n) is 5.46. The van der Waals surface area contributed by atoms with Crippen molar-refractivity contribution in [3.8, 4) is 5.82 Å². The molecule has 11 heteroatoms. The fourth-order valence-corrected chi connectivity index (χ4v) is 5.09. The molecule has 0 atom stereocenters. The Bertz CT molecular complexity index is 1480. The van der Waals surface area contributed by atoms with Crippen LogP contribution in [0.1, 0.15) is 10.4 Å². The number of imidazole rings is 1. The average Bonchev–Trinajstić information content (AvgIpc) is 3.29. The molecule has 1 fully saturated rings. The molecule has 34 heavy (non-hydrogen) atoms. The van der Waals surface area contributed by atoms with Gasteiger partial charge in [0.2, 0.25) is 15.9 Å². The molecule has 2 amide bonds. The predicted molar refractivity (Wildman–Crippen MR) is 125 cm³/mol. The van der Waals surface area contributed by atoms with Crippen molar-refractivity contribution in [2.24, 2.45) is 0 Å². The van der Waals surface area contributed by atoms with Crippen molar-refractivity contribution in [2.45, 2.75) is 4.90 Å². The van der Waals surface area contributed by atoms with E-state index in [4.69, 9.17) is 0 Å². The maximum Gasteiger partial charge on any atom is 0.255 e. The van der Waals surface area contributed by atoms with Gasteiger partial charge in [-0.3, -0.25) is 14.2 Å². The van der Waals surface area contributed by atoms with E-state index >= 15 is 0 Å². The fourth-order valence-electron chi connectivity index (χ4n) is 3.70. The Balaban J connectivity index is 1.28. The minimum absolute atomic E-state index is 0.0253. The van der Waals surface area contributed by atoms with Crippen molar-refractivity contribution in [3.63, 3.8) is 0 Å². The van der Waals surface area contributed by atoms with E-state index in [1.165, 1.54) is 24.3 Å². The zero-order valence-corrected chi connectivity index (χ0v) is 18.7. The number of hydrogen-bond donors (Lipinski definition) is 2. The van der Waals surface area contributed by atoms with E-state index in [0.29, 0.717) is 17.1 Å². The lowest BCUT2D eigenvalue weighted by Crippen LogP contribution is -2.49. The zero-order chi connectivity index (χ0) is 23.7. The Morgan fingerprint density at radius 2 is 1.79 bits per heavy atom. The minimum Gasteiger partial charge on any atom is -0.354 e. The first kappa shape index (κ1) is 21.7. The van der Waals surface area contributed by atoms with Crippen LogP contribution in [0.5, 0.6) is 0 Å². The van der Waals surface area contributed by atoms with Crippen LogP contribution in [0, 0.1) is 0 Å². The maximum absolute atomic E-state index is 12.7. The van der Waals surface area contributed by atoms with Crippen LogP contribution in [0.3, 0.4) is 0 Å². The summed E-state index contributed by atoms with van der Waals surface area (Å²) in [4.78, 5) is 33.0. The largest absolute Gasteiger partial charge is 0.354 e. The van der Waals surface area contributed by atoms with E-state index < -0.39 is 15.9 Å². The minimum atomic E-state index is -3.81. The summed E-state index contributed by atoms with van der Waals surface area (Å²) < 4.78 is 28.5. The summed E-state index contributed by atoms with van der Waals surface area (Å²) in [6.45, 7) is 0.249. The van der Waals surface area contributed by atoms with Crippen molar-refractivity contribution in [1.82, 2.24) is 24.2 Å². The number of amides is 2. The Kier molecular flexibility index (Phi) is 5.56. The molecule has 0 radical (unpaired) electrons. The molecule has 1 aliphatic heterocycles. The van der Waals surface area contributed by atoms with Crippen molar-refractivity contribution in [2.75, 3.05) is 25.0 Å². The third kappa shape index (κ3) is 4.14. The van der Waals surface area contributed by atoms with E-state index in [-0.39, 0.29) is 30.4 Å². The molecule has 0 unspecified atom stereocenters. The van der Waals surface area contributed by atoms with Crippen molar-refractivity contribution < 1.29 is 18.0 Å². The van der Waals surface area contributed by atoms with Gasteiger partial charge in [0.25, 0.3) is 5.91 Å². The summed E-state index contributed by atoms with van der Waals surface area (Å²) >= 11 is 0. The van der Waals surface area contributed by atoms with Crippen LogP contribution in [-0.4, -0.2) is 58.7 Å². The number of carbonyl (C=O) groups excluding carboxylic acids is 2. The first-order chi connectivity index (χ1) is 16.4. The number of rotatable bonds is 5. The highest BCUT2D eigenvalue weighted by Crippen LogP contribution is 2.20. The van der Waals surface area contributed by atoms with Gasteiger partial charge in [-0.15, -0.1) is 0 Å². The molecule has 2 aromatic carbocycles. The monoisotopic (exact) mass is 476 g/mol. The Morgan fingerprint density at radius 1 is 1.00 bits per heavy atom. The topological polar surface area (TPSA) is 126 Å². The number of aromatic nitrogens is 3. The van der Waals surface area contributed by atoms with E-state index in [0.717, 1.165) is 15.3 Å². The summed E-state index contributed by atoms with van der Waals surface area (Å²) in [6, 6.07) is 16.8. The third-order valence-corrected chi connectivity index (χ3v) is 7.32. The van der Waals surface area contributed by atoms with Crippen LogP contribution in [0.4, 0.5) is 5.69 Å². The molecule has 172 valence electrons. The Morgan fingerprint density at radius 3 is 2.53 bits per heavy atom. The van der Waals surface area contributed by atoms with Crippen molar-refractivity contribution in [3.05, 3.63) is 78.8 Å². The van der Waals surface area contributed by atoms with Gasteiger partial charge in [0.1, 0.15) is 12.1 Å². The summed E-state index contributed by atoms with van der Waals surface area (Å²) in [5.41, 5.74) is 2.57. The first-order valence-corrected chi connectivity index (χ1v) is 11.9. The summed E-state index contributed by atoms with van der Waals surface area (Å²) in [5, 5.41) is 5.35. The molecule has 10 nitrogen and oxygen atoms in total. The number of sulfonamides is 1. The van der Waals surface area contributed by atoms with Crippen LogP contribution < -0.4 is 10.6 Å².